The van der Waals surface area contributed by atoms with Crippen molar-refractivity contribution in [2.24, 2.45) is 0 Å². The van der Waals surface area contributed by atoms with E-state index in [1.807, 2.05) is 30.3 Å². The lowest BCUT2D eigenvalue weighted by Crippen LogP contribution is -2.11. The van der Waals surface area contributed by atoms with Gasteiger partial charge in [0, 0.05) is 11.3 Å². The van der Waals surface area contributed by atoms with Crippen LogP contribution in [0, 0.1) is 0 Å². The largest absolute Gasteiger partial charge is 0.452 e. The summed E-state index contributed by atoms with van der Waals surface area (Å²) in [6, 6.07) is 15.2. The summed E-state index contributed by atoms with van der Waals surface area (Å²) < 4.78 is 35.4. The van der Waals surface area contributed by atoms with Gasteiger partial charge in [-0.1, -0.05) is 24.3 Å². The van der Waals surface area contributed by atoms with E-state index in [9.17, 15) is 13.2 Å². The second-order valence-corrected chi connectivity index (χ2v) is 7.15. The maximum atomic E-state index is 12.1. The van der Waals surface area contributed by atoms with Gasteiger partial charge < -0.3 is 9.15 Å². The molecule has 0 aliphatic rings. The number of nitrogens with zero attached hydrogens (tertiary/aromatic N) is 2. The van der Waals surface area contributed by atoms with Crippen molar-refractivity contribution in [3.63, 3.8) is 0 Å². The number of carbonyl (C=O) groups is 1. The van der Waals surface area contributed by atoms with E-state index in [4.69, 9.17) is 9.15 Å². The van der Waals surface area contributed by atoms with Crippen LogP contribution >= 0.6 is 0 Å². The molecule has 0 aliphatic carbocycles. The Kier molecular flexibility index (Phi) is 4.99. The molecule has 8 nitrogen and oxygen atoms in total. The van der Waals surface area contributed by atoms with E-state index in [1.165, 1.54) is 18.2 Å². The second-order valence-electron chi connectivity index (χ2n) is 5.40. The number of benzene rings is 2. The Morgan fingerprint density at radius 2 is 1.88 bits per heavy atom. The van der Waals surface area contributed by atoms with Crippen LogP contribution in [0.1, 0.15) is 16.2 Å². The molecule has 3 aromatic rings. The first kappa shape index (κ1) is 17.6. The SMILES string of the molecule is CS(=O)(=O)Nc1cccc(C(=O)OCc2nnc(-c3ccccc3)o2)c1. The van der Waals surface area contributed by atoms with Crippen LogP contribution in [0.25, 0.3) is 11.5 Å². The number of ether oxygens (including phenoxy) is 1. The predicted octanol–water partition coefficient (Wildman–Crippen LogP) is 2.47. The lowest BCUT2D eigenvalue weighted by Gasteiger charge is -2.06. The smallest absolute Gasteiger partial charge is 0.338 e. The van der Waals surface area contributed by atoms with Gasteiger partial charge in [-0.2, -0.15) is 0 Å². The highest BCUT2D eigenvalue weighted by molar-refractivity contribution is 7.92. The number of anilines is 1. The second kappa shape index (κ2) is 7.36. The van der Waals surface area contributed by atoms with E-state index in [0.29, 0.717) is 5.89 Å². The third kappa shape index (κ3) is 4.67. The Hall–Kier alpha value is -3.20. The fourth-order valence-corrected chi connectivity index (χ4v) is 2.70. The minimum absolute atomic E-state index is 0.155. The molecule has 0 radical (unpaired) electrons. The first-order chi connectivity index (χ1) is 12.4. The molecular formula is C17H15N3O5S. The van der Waals surface area contributed by atoms with Crippen LogP contribution < -0.4 is 4.72 Å². The van der Waals surface area contributed by atoms with Crippen LogP contribution in [0.3, 0.4) is 0 Å². The summed E-state index contributed by atoms with van der Waals surface area (Å²) in [5.74, 6) is -0.153. The molecule has 9 heteroatoms. The Bertz CT molecular complexity index is 1020. The molecule has 0 amide bonds. The van der Waals surface area contributed by atoms with Crippen LogP contribution in [-0.2, 0) is 21.4 Å². The number of hydrogen-bond acceptors (Lipinski definition) is 7. The van der Waals surface area contributed by atoms with Crippen LogP contribution in [0.15, 0.2) is 59.0 Å². The molecular weight excluding hydrogens is 358 g/mol. The molecule has 0 aliphatic heterocycles. The molecule has 3 rings (SSSR count). The highest BCUT2D eigenvalue weighted by Crippen LogP contribution is 2.18. The van der Waals surface area contributed by atoms with Crippen LogP contribution in [0.5, 0.6) is 0 Å². The first-order valence-corrected chi connectivity index (χ1v) is 9.43. The van der Waals surface area contributed by atoms with Crippen molar-refractivity contribution in [3.8, 4) is 11.5 Å². The standard InChI is InChI=1S/C17H15N3O5S/c1-26(22,23)20-14-9-5-8-13(10-14)17(21)24-11-15-18-19-16(25-15)12-6-3-2-4-7-12/h2-10,20H,11H2,1H3. The van der Waals surface area contributed by atoms with Crippen LogP contribution in [0.4, 0.5) is 5.69 Å². The number of sulfonamides is 1. The molecule has 0 spiro atoms. The highest BCUT2D eigenvalue weighted by Gasteiger charge is 2.13. The van der Waals surface area contributed by atoms with Crippen molar-refractivity contribution in [1.29, 1.82) is 0 Å². The number of nitrogens with one attached hydrogen (secondary N) is 1. The van der Waals surface area contributed by atoms with E-state index in [0.717, 1.165) is 11.8 Å². The molecule has 26 heavy (non-hydrogen) atoms. The third-order valence-electron chi connectivity index (χ3n) is 3.22. The van der Waals surface area contributed by atoms with E-state index in [1.54, 1.807) is 6.07 Å². The van der Waals surface area contributed by atoms with Gasteiger partial charge in [-0.05, 0) is 30.3 Å². The summed E-state index contributed by atoms with van der Waals surface area (Å²) in [5.41, 5.74) is 1.23. The zero-order chi connectivity index (χ0) is 18.6. The Balaban J connectivity index is 1.64. The lowest BCUT2D eigenvalue weighted by atomic mass is 10.2. The lowest BCUT2D eigenvalue weighted by molar-refractivity contribution is 0.0438. The fraction of sp³-hybridized carbons (Fsp3) is 0.118. The highest BCUT2D eigenvalue weighted by atomic mass is 32.2. The van der Waals surface area contributed by atoms with E-state index in [2.05, 4.69) is 14.9 Å². The summed E-state index contributed by atoms with van der Waals surface area (Å²) in [6.45, 7) is -0.192. The quantitative estimate of drug-likeness (QED) is 0.661. The van der Waals surface area contributed by atoms with Gasteiger partial charge in [0.05, 0.1) is 11.8 Å². The third-order valence-corrected chi connectivity index (χ3v) is 3.82. The molecule has 0 saturated carbocycles. The molecule has 2 aromatic carbocycles. The molecule has 134 valence electrons. The molecule has 0 atom stereocenters. The number of aromatic nitrogens is 2. The van der Waals surface area contributed by atoms with Crippen molar-refractivity contribution in [2.45, 2.75) is 6.61 Å². The maximum absolute atomic E-state index is 12.1. The van der Waals surface area contributed by atoms with Gasteiger partial charge in [0.25, 0.3) is 5.89 Å². The van der Waals surface area contributed by atoms with E-state index >= 15 is 0 Å². The zero-order valence-electron chi connectivity index (χ0n) is 13.7. The van der Waals surface area contributed by atoms with Gasteiger partial charge in [0.2, 0.25) is 15.9 Å². The van der Waals surface area contributed by atoms with Gasteiger partial charge in [0.1, 0.15) is 0 Å². The number of carbonyl (C=O) groups excluding carboxylic acids is 1. The number of hydrogen-bond donors (Lipinski definition) is 1. The van der Waals surface area contributed by atoms with Gasteiger partial charge in [-0.25, -0.2) is 13.2 Å². The van der Waals surface area contributed by atoms with Crippen LogP contribution in [0.2, 0.25) is 0 Å². The molecule has 0 unspecified atom stereocenters. The van der Waals surface area contributed by atoms with Gasteiger partial charge in [0.15, 0.2) is 6.61 Å². The van der Waals surface area contributed by atoms with E-state index < -0.39 is 16.0 Å². The summed E-state index contributed by atoms with van der Waals surface area (Å²) in [5, 5.41) is 7.75. The molecule has 1 aromatic heterocycles. The Morgan fingerprint density at radius 3 is 2.62 bits per heavy atom. The van der Waals surface area contributed by atoms with Crippen molar-refractivity contribution in [1.82, 2.24) is 10.2 Å². The number of esters is 1. The number of rotatable bonds is 6. The fourth-order valence-electron chi connectivity index (χ4n) is 2.14. The van der Waals surface area contributed by atoms with Crippen LogP contribution in [-0.4, -0.2) is 30.8 Å². The molecule has 1 heterocycles. The molecule has 1 N–H and O–H groups in total. The molecule has 0 saturated heterocycles. The average Bonchev–Trinajstić information content (AvgIpc) is 3.08. The summed E-state index contributed by atoms with van der Waals surface area (Å²) in [4.78, 5) is 12.1. The summed E-state index contributed by atoms with van der Waals surface area (Å²) >= 11 is 0. The predicted molar refractivity (Wildman–Crippen MR) is 93.8 cm³/mol. The average molecular weight is 373 g/mol. The van der Waals surface area contributed by atoms with Gasteiger partial charge in [-0.15, -0.1) is 10.2 Å². The van der Waals surface area contributed by atoms with Crippen molar-refractivity contribution < 1.29 is 22.4 Å². The maximum Gasteiger partial charge on any atom is 0.338 e. The zero-order valence-corrected chi connectivity index (χ0v) is 14.6. The van der Waals surface area contributed by atoms with Gasteiger partial charge in [-0.3, -0.25) is 4.72 Å². The summed E-state index contributed by atoms with van der Waals surface area (Å²) in [7, 11) is -3.43. The minimum atomic E-state index is -3.43. The summed E-state index contributed by atoms with van der Waals surface area (Å²) in [6.07, 6.45) is 1.03. The molecule has 0 fully saturated rings. The monoisotopic (exact) mass is 373 g/mol. The van der Waals surface area contributed by atoms with Crippen molar-refractivity contribution in [2.75, 3.05) is 11.0 Å². The van der Waals surface area contributed by atoms with Gasteiger partial charge >= 0.3 is 5.97 Å². The molecule has 0 bridgehead atoms. The Labute approximate surface area is 149 Å². The topological polar surface area (TPSA) is 111 Å². The Morgan fingerprint density at radius 1 is 1.12 bits per heavy atom. The van der Waals surface area contributed by atoms with Crippen molar-refractivity contribution >= 4 is 21.7 Å². The normalized spacial score (nSPS) is 11.1. The first-order valence-electron chi connectivity index (χ1n) is 7.53. The van der Waals surface area contributed by atoms with Crippen molar-refractivity contribution in [3.05, 3.63) is 66.1 Å². The minimum Gasteiger partial charge on any atom is -0.452 e. The van der Waals surface area contributed by atoms with E-state index in [-0.39, 0.29) is 23.7 Å².